The van der Waals surface area contributed by atoms with E-state index < -0.39 is 0 Å². The molecule has 0 aromatic carbocycles. The fourth-order valence-corrected chi connectivity index (χ4v) is 6.56. The third-order valence-corrected chi connectivity index (χ3v) is 7.18. The molecule has 0 spiro atoms. The minimum absolute atomic E-state index is 0.306. The molecular formula is C19H28N2O2S. The van der Waals surface area contributed by atoms with E-state index in [-0.39, 0.29) is 0 Å². The maximum absolute atomic E-state index is 13.1. The van der Waals surface area contributed by atoms with E-state index >= 15 is 0 Å². The summed E-state index contributed by atoms with van der Waals surface area (Å²) < 4.78 is 5.22. The zero-order valence-corrected chi connectivity index (χ0v) is 15.4. The fraction of sp³-hybridized carbons (Fsp3) is 0.789. The summed E-state index contributed by atoms with van der Waals surface area (Å²) in [5, 5.41) is 3.00. The Hall–Kier alpha value is -0.940. The normalized spacial score (nSPS) is 33.8. The molecule has 1 heterocycles. The number of amides is 1. The first-order valence-corrected chi connectivity index (χ1v) is 10.2. The Morgan fingerprint density at radius 3 is 2.50 bits per heavy atom. The summed E-state index contributed by atoms with van der Waals surface area (Å²) >= 11 is 1.63. The topological polar surface area (TPSA) is 42.4 Å². The number of methoxy groups -OCH3 is 1. The van der Waals surface area contributed by atoms with Crippen molar-refractivity contribution >= 4 is 17.2 Å². The summed E-state index contributed by atoms with van der Waals surface area (Å²) in [7, 11) is 1.70. The lowest BCUT2D eigenvalue weighted by atomic mass is 9.49. The molecule has 4 saturated carbocycles. The third kappa shape index (κ3) is 3.38. The van der Waals surface area contributed by atoms with Crippen LogP contribution >= 0.6 is 11.3 Å². The molecule has 4 aliphatic rings. The van der Waals surface area contributed by atoms with Crippen molar-refractivity contribution < 1.29 is 9.53 Å². The molecule has 0 aliphatic heterocycles. The van der Waals surface area contributed by atoms with Gasteiger partial charge in [0, 0.05) is 31.7 Å². The van der Waals surface area contributed by atoms with Crippen LogP contribution in [0.3, 0.4) is 0 Å². The first-order valence-electron chi connectivity index (χ1n) is 9.31. The van der Waals surface area contributed by atoms with E-state index in [2.05, 4.69) is 4.98 Å². The molecule has 1 amide bonds. The van der Waals surface area contributed by atoms with Crippen LogP contribution in [0.1, 0.15) is 50.0 Å². The first-order chi connectivity index (χ1) is 11.7. The molecule has 0 saturated heterocycles. The average Bonchev–Trinajstić information content (AvgIpc) is 3.02. The highest BCUT2D eigenvalue weighted by Crippen LogP contribution is 2.61. The Bertz CT molecular complexity index is 537. The molecule has 0 atom stereocenters. The van der Waals surface area contributed by atoms with Crippen molar-refractivity contribution in [1.29, 1.82) is 0 Å². The van der Waals surface area contributed by atoms with Gasteiger partial charge in [-0.2, -0.15) is 0 Å². The predicted octanol–water partition coefficient (Wildman–Crippen LogP) is 3.72. The van der Waals surface area contributed by atoms with Crippen LogP contribution in [0.2, 0.25) is 0 Å². The van der Waals surface area contributed by atoms with E-state index in [1.54, 1.807) is 18.4 Å². The van der Waals surface area contributed by atoms with Gasteiger partial charge in [0.05, 0.1) is 13.2 Å². The predicted molar refractivity (Wildman–Crippen MR) is 94.6 cm³/mol. The molecule has 24 heavy (non-hydrogen) atoms. The Balaban J connectivity index is 1.44. The second kappa shape index (κ2) is 6.75. The van der Waals surface area contributed by atoms with Crippen LogP contribution in [0.4, 0.5) is 0 Å². The van der Waals surface area contributed by atoms with Crippen molar-refractivity contribution in [1.82, 2.24) is 9.88 Å². The van der Waals surface area contributed by atoms with E-state index in [0.29, 0.717) is 31.0 Å². The van der Waals surface area contributed by atoms with E-state index in [9.17, 15) is 4.79 Å². The summed E-state index contributed by atoms with van der Waals surface area (Å²) in [6.07, 6.45) is 10.7. The zero-order valence-electron chi connectivity index (χ0n) is 14.6. The molecule has 0 N–H and O–H groups in total. The summed E-state index contributed by atoms with van der Waals surface area (Å²) in [4.78, 5) is 19.4. The molecule has 4 bridgehead atoms. The summed E-state index contributed by atoms with van der Waals surface area (Å²) in [6, 6.07) is 0. The highest BCUT2D eigenvalue weighted by molar-refractivity contribution is 7.09. The third-order valence-electron chi connectivity index (χ3n) is 6.42. The Morgan fingerprint density at radius 1 is 1.29 bits per heavy atom. The summed E-state index contributed by atoms with van der Waals surface area (Å²) in [5.41, 5.74) is 0.306. The van der Waals surface area contributed by atoms with Crippen LogP contribution in [0.25, 0.3) is 0 Å². The number of aromatic nitrogens is 1. The average molecular weight is 349 g/mol. The van der Waals surface area contributed by atoms with Crippen LogP contribution in [-0.4, -0.2) is 36.1 Å². The van der Waals surface area contributed by atoms with Crippen LogP contribution in [0.5, 0.6) is 0 Å². The van der Waals surface area contributed by atoms with Crippen molar-refractivity contribution in [2.75, 3.05) is 20.3 Å². The Labute approximate surface area is 148 Å². The summed E-state index contributed by atoms with van der Waals surface area (Å²) in [6.45, 7) is 1.89. The second-order valence-electron chi connectivity index (χ2n) is 8.33. The van der Waals surface area contributed by atoms with Crippen molar-refractivity contribution in [3.05, 3.63) is 16.6 Å². The van der Waals surface area contributed by atoms with E-state index in [1.807, 2.05) is 16.5 Å². The number of hydrogen-bond donors (Lipinski definition) is 0. The molecule has 4 aliphatic carbocycles. The molecule has 4 nitrogen and oxygen atoms in total. The van der Waals surface area contributed by atoms with E-state index in [1.165, 1.54) is 38.5 Å². The van der Waals surface area contributed by atoms with E-state index in [0.717, 1.165) is 29.2 Å². The van der Waals surface area contributed by atoms with Crippen molar-refractivity contribution in [2.24, 2.45) is 23.2 Å². The van der Waals surface area contributed by atoms with Gasteiger partial charge >= 0.3 is 0 Å². The van der Waals surface area contributed by atoms with Gasteiger partial charge < -0.3 is 9.64 Å². The maximum atomic E-state index is 13.1. The van der Waals surface area contributed by atoms with Crippen LogP contribution in [-0.2, 0) is 16.1 Å². The molecular weight excluding hydrogens is 320 g/mol. The molecule has 132 valence electrons. The largest absolute Gasteiger partial charge is 0.383 e. The molecule has 1 aromatic heterocycles. The van der Waals surface area contributed by atoms with Gasteiger partial charge in [-0.3, -0.25) is 4.79 Å². The van der Waals surface area contributed by atoms with Gasteiger partial charge in [0.25, 0.3) is 0 Å². The molecule has 1 aromatic rings. The Kier molecular flexibility index (Phi) is 4.65. The van der Waals surface area contributed by atoms with Crippen molar-refractivity contribution in [3.63, 3.8) is 0 Å². The number of thiazole rings is 1. The molecule has 4 fully saturated rings. The van der Waals surface area contributed by atoms with Gasteiger partial charge in [0.2, 0.25) is 5.91 Å². The van der Waals surface area contributed by atoms with Crippen LogP contribution < -0.4 is 0 Å². The fourth-order valence-electron chi connectivity index (χ4n) is 5.93. The smallest absolute Gasteiger partial charge is 0.223 e. The molecule has 0 unspecified atom stereocenters. The van der Waals surface area contributed by atoms with Gasteiger partial charge in [-0.15, -0.1) is 11.3 Å². The number of rotatable bonds is 7. The van der Waals surface area contributed by atoms with Crippen molar-refractivity contribution in [3.8, 4) is 0 Å². The number of nitrogens with zero attached hydrogens (tertiary/aromatic N) is 2. The SMILES string of the molecule is COCCN(Cc1nccs1)C(=O)CC12CC3CC(CC(C3)C1)C2. The van der Waals surface area contributed by atoms with E-state index in [4.69, 9.17) is 4.74 Å². The minimum atomic E-state index is 0.306. The maximum Gasteiger partial charge on any atom is 0.223 e. The second-order valence-corrected chi connectivity index (χ2v) is 9.31. The highest BCUT2D eigenvalue weighted by atomic mass is 32.1. The number of carbonyl (C=O) groups excluding carboxylic acids is 1. The van der Waals surface area contributed by atoms with Gasteiger partial charge in [-0.05, 0) is 61.7 Å². The minimum Gasteiger partial charge on any atom is -0.383 e. The standard InChI is InChI=1S/C19H28N2O2S/c1-23-4-3-21(13-17-20-2-5-24-17)18(22)12-19-9-14-6-15(10-19)8-16(7-14)11-19/h2,5,14-16H,3-4,6-13H2,1H3. The van der Waals surface area contributed by atoms with Gasteiger partial charge in [-0.25, -0.2) is 4.98 Å². The van der Waals surface area contributed by atoms with Gasteiger partial charge in [0.1, 0.15) is 5.01 Å². The first kappa shape index (κ1) is 16.5. The molecule has 5 heteroatoms. The van der Waals surface area contributed by atoms with Crippen LogP contribution in [0.15, 0.2) is 11.6 Å². The molecule has 0 radical (unpaired) electrons. The van der Waals surface area contributed by atoms with Gasteiger partial charge in [-0.1, -0.05) is 0 Å². The van der Waals surface area contributed by atoms with Crippen molar-refractivity contribution in [2.45, 2.75) is 51.5 Å². The number of carbonyl (C=O) groups is 1. The van der Waals surface area contributed by atoms with Gasteiger partial charge in [0.15, 0.2) is 0 Å². The monoisotopic (exact) mass is 348 g/mol. The highest BCUT2D eigenvalue weighted by Gasteiger charge is 2.51. The lowest BCUT2D eigenvalue weighted by molar-refractivity contribution is -0.140. The Morgan fingerprint density at radius 2 is 1.96 bits per heavy atom. The lowest BCUT2D eigenvalue weighted by Crippen LogP contribution is -2.48. The number of hydrogen-bond acceptors (Lipinski definition) is 4. The molecule has 5 rings (SSSR count). The zero-order chi connectivity index (χ0) is 16.6. The quantitative estimate of drug-likeness (QED) is 0.754. The van der Waals surface area contributed by atoms with Crippen LogP contribution in [0, 0.1) is 23.2 Å². The summed E-state index contributed by atoms with van der Waals surface area (Å²) in [5.74, 6) is 3.01. The number of ether oxygens (including phenoxy) is 1. The lowest BCUT2D eigenvalue weighted by Gasteiger charge is -2.57.